The van der Waals surface area contributed by atoms with Crippen LogP contribution in [-0.2, 0) is 18.9 Å². The number of anilines is 1. The summed E-state index contributed by atoms with van der Waals surface area (Å²) < 4.78 is 2.21. The van der Waals surface area contributed by atoms with Gasteiger partial charge in [-0.1, -0.05) is 0 Å². The molecule has 0 unspecified atom stereocenters. The molecule has 0 saturated heterocycles. The second-order valence-corrected chi connectivity index (χ2v) is 6.66. The first-order chi connectivity index (χ1) is 12.0. The summed E-state index contributed by atoms with van der Waals surface area (Å²) in [5.41, 5.74) is -1.24. The molecule has 2 amide bonds. The van der Waals surface area contributed by atoms with Gasteiger partial charge < -0.3 is 15.7 Å². The summed E-state index contributed by atoms with van der Waals surface area (Å²) in [7, 11) is 2.86. The van der Waals surface area contributed by atoms with Crippen molar-refractivity contribution < 1.29 is 14.7 Å². The van der Waals surface area contributed by atoms with E-state index in [1.807, 2.05) is 0 Å². The number of aliphatic carboxylic acids is 1. The molecule has 0 aliphatic rings. The first-order valence-corrected chi connectivity index (χ1v) is 7.88. The molecule has 0 aliphatic heterocycles. The number of nitrogens with one attached hydrogen (secondary N) is 2. The van der Waals surface area contributed by atoms with Crippen molar-refractivity contribution in [2.45, 2.75) is 32.2 Å². The van der Waals surface area contributed by atoms with Crippen molar-refractivity contribution in [3.8, 4) is 0 Å². The first-order valence-electron chi connectivity index (χ1n) is 7.88. The van der Waals surface area contributed by atoms with Gasteiger partial charge in [-0.25, -0.2) is 14.6 Å². The highest BCUT2D eigenvalue weighted by Gasteiger charge is 2.21. The van der Waals surface area contributed by atoms with Gasteiger partial charge in [-0.05, 0) is 26.3 Å². The molecule has 10 nitrogen and oxygen atoms in total. The van der Waals surface area contributed by atoms with Crippen molar-refractivity contribution in [2.75, 3.05) is 5.32 Å². The minimum atomic E-state index is -0.944. The third kappa shape index (κ3) is 4.08. The van der Waals surface area contributed by atoms with Crippen molar-refractivity contribution in [1.82, 2.24) is 19.4 Å². The number of carboxylic acid groups (broad SMARTS) is 1. The number of carbonyl (C=O) groups is 2. The number of urea groups is 1. The Morgan fingerprint density at radius 3 is 2.50 bits per heavy atom. The normalized spacial score (nSPS) is 11.4. The van der Waals surface area contributed by atoms with Gasteiger partial charge >= 0.3 is 17.7 Å². The van der Waals surface area contributed by atoms with Crippen LogP contribution in [0.1, 0.15) is 26.7 Å². The van der Waals surface area contributed by atoms with Crippen molar-refractivity contribution in [3.05, 3.63) is 33.1 Å². The summed E-state index contributed by atoms with van der Waals surface area (Å²) in [6, 6.07) is 0.886. The molecule has 0 spiro atoms. The number of carbonyl (C=O) groups excluding carboxylic acids is 1. The highest BCUT2D eigenvalue weighted by atomic mass is 16.4. The number of aromatic nitrogens is 3. The highest BCUT2D eigenvalue weighted by Crippen LogP contribution is 2.14. The smallest absolute Gasteiger partial charge is 0.332 e. The lowest BCUT2D eigenvalue weighted by atomic mass is 9.99. The Balaban J connectivity index is 2.24. The number of rotatable bonds is 5. The van der Waals surface area contributed by atoms with Crippen LogP contribution in [0.2, 0.25) is 0 Å². The van der Waals surface area contributed by atoms with Crippen LogP contribution < -0.4 is 21.9 Å². The molecular formula is C16H21N5O5. The van der Waals surface area contributed by atoms with Gasteiger partial charge in [-0.2, -0.15) is 0 Å². The topological polar surface area (TPSA) is 135 Å². The van der Waals surface area contributed by atoms with Gasteiger partial charge in [-0.15, -0.1) is 0 Å². The summed E-state index contributed by atoms with van der Waals surface area (Å²) in [5, 5.41) is 14.2. The summed E-state index contributed by atoms with van der Waals surface area (Å²) in [6.07, 6.45) is 1.52. The predicted molar refractivity (Wildman–Crippen MR) is 95.3 cm³/mol. The zero-order valence-electron chi connectivity index (χ0n) is 15.0. The Labute approximate surface area is 148 Å². The summed E-state index contributed by atoms with van der Waals surface area (Å²) >= 11 is 0. The SMILES string of the molecule is Cn1c(=O)c2cc(NC(=O)NC(C)(C)CCC(=O)O)cnc2n(C)c1=O. The van der Waals surface area contributed by atoms with Gasteiger partial charge in [0, 0.05) is 26.1 Å². The van der Waals surface area contributed by atoms with Crippen LogP contribution in [-0.4, -0.2) is 36.8 Å². The largest absolute Gasteiger partial charge is 0.481 e. The number of carboxylic acids is 1. The molecule has 26 heavy (non-hydrogen) atoms. The van der Waals surface area contributed by atoms with E-state index in [9.17, 15) is 19.2 Å². The van der Waals surface area contributed by atoms with E-state index < -0.39 is 28.8 Å². The standard InChI is InChI=1S/C16H21N5O5/c1-16(2,6-5-11(22)23)19-14(25)18-9-7-10-12(17-8-9)20(3)15(26)21(4)13(10)24/h7-8H,5-6H2,1-4H3,(H,22,23)(H2,18,19,25). The lowest BCUT2D eigenvalue weighted by Gasteiger charge is -2.25. The van der Waals surface area contributed by atoms with E-state index in [0.717, 1.165) is 4.57 Å². The Kier molecular flexibility index (Phi) is 5.15. The van der Waals surface area contributed by atoms with Crippen LogP contribution in [0.15, 0.2) is 21.9 Å². The number of aryl methyl sites for hydroxylation is 1. The Hall–Kier alpha value is -3.17. The number of pyridine rings is 1. The van der Waals surface area contributed by atoms with Crippen molar-refractivity contribution in [3.63, 3.8) is 0 Å². The van der Waals surface area contributed by atoms with Crippen molar-refractivity contribution in [2.24, 2.45) is 14.1 Å². The molecule has 0 fully saturated rings. The van der Waals surface area contributed by atoms with E-state index >= 15 is 0 Å². The van der Waals surface area contributed by atoms with E-state index in [1.165, 1.54) is 30.9 Å². The number of amides is 2. The maximum absolute atomic E-state index is 12.2. The average molecular weight is 363 g/mol. The maximum Gasteiger partial charge on any atom is 0.332 e. The maximum atomic E-state index is 12.2. The Bertz CT molecular complexity index is 989. The van der Waals surface area contributed by atoms with E-state index in [0.29, 0.717) is 0 Å². The van der Waals surface area contributed by atoms with Crippen LogP contribution in [0.3, 0.4) is 0 Å². The summed E-state index contributed by atoms with van der Waals surface area (Å²) in [6.45, 7) is 3.42. The molecule has 2 rings (SSSR count). The molecule has 0 aliphatic carbocycles. The third-order valence-corrected chi connectivity index (χ3v) is 3.97. The molecule has 0 bridgehead atoms. The molecule has 0 aromatic carbocycles. The Morgan fingerprint density at radius 2 is 1.88 bits per heavy atom. The zero-order valence-corrected chi connectivity index (χ0v) is 15.0. The molecule has 2 aromatic heterocycles. The van der Waals surface area contributed by atoms with Crippen LogP contribution in [0.25, 0.3) is 11.0 Å². The monoisotopic (exact) mass is 363 g/mol. The van der Waals surface area contributed by atoms with Crippen LogP contribution in [0.4, 0.5) is 10.5 Å². The fourth-order valence-corrected chi connectivity index (χ4v) is 2.49. The second-order valence-electron chi connectivity index (χ2n) is 6.66. The number of hydrogen-bond acceptors (Lipinski definition) is 5. The van der Waals surface area contributed by atoms with E-state index in [-0.39, 0.29) is 29.6 Å². The first kappa shape index (κ1) is 19.2. The van der Waals surface area contributed by atoms with Gasteiger partial charge in [0.05, 0.1) is 17.3 Å². The molecule has 0 saturated carbocycles. The van der Waals surface area contributed by atoms with Crippen LogP contribution in [0, 0.1) is 0 Å². The zero-order chi connectivity index (χ0) is 19.6. The predicted octanol–water partition coefficient (Wildman–Crippen LogP) is 0.397. The van der Waals surface area contributed by atoms with Gasteiger partial charge in [0.25, 0.3) is 5.56 Å². The van der Waals surface area contributed by atoms with E-state index in [2.05, 4.69) is 15.6 Å². The average Bonchev–Trinajstić information content (AvgIpc) is 2.55. The fourth-order valence-electron chi connectivity index (χ4n) is 2.49. The lowest BCUT2D eigenvalue weighted by Crippen LogP contribution is -2.45. The molecule has 140 valence electrons. The van der Waals surface area contributed by atoms with Crippen LogP contribution >= 0.6 is 0 Å². The van der Waals surface area contributed by atoms with E-state index in [1.54, 1.807) is 13.8 Å². The van der Waals surface area contributed by atoms with Gasteiger partial charge in [0.15, 0.2) is 0 Å². The molecule has 10 heteroatoms. The summed E-state index contributed by atoms with van der Waals surface area (Å²) in [4.78, 5) is 51.0. The van der Waals surface area contributed by atoms with Gasteiger partial charge in [0.1, 0.15) is 5.65 Å². The summed E-state index contributed by atoms with van der Waals surface area (Å²) in [5.74, 6) is -0.944. The fraction of sp³-hybridized carbons (Fsp3) is 0.438. The van der Waals surface area contributed by atoms with Crippen LogP contribution in [0.5, 0.6) is 0 Å². The molecule has 0 atom stereocenters. The van der Waals surface area contributed by atoms with Gasteiger partial charge in [0.2, 0.25) is 0 Å². The number of nitrogens with zero attached hydrogens (tertiary/aromatic N) is 3. The van der Waals surface area contributed by atoms with Gasteiger partial charge in [-0.3, -0.25) is 18.7 Å². The number of hydrogen-bond donors (Lipinski definition) is 3. The number of fused-ring (bicyclic) bond motifs is 1. The molecular weight excluding hydrogens is 342 g/mol. The third-order valence-electron chi connectivity index (χ3n) is 3.97. The Morgan fingerprint density at radius 1 is 1.23 bits per heavy atom. The van der Waals surface area contributed by atoms with E-state index in [4.69, 9.17) is 5.11 Å². The quantitative estimate of drug-likeness (QED) is 0.703. The molecule has 0 radical (unpaired) electrons. The van der Waals surface area contributed by atoms with Crippen molar-refractivity contribution in [1.29, 1.82) is 0 Å². The highest BCUT2D eigenvalue weighted by molar-refractivity contribution is 5.91. The lowest BCUT2D eigenvalue weighted by molar-refractivity contribution is -0.137. The molecule has 2 heterocycles. The minimum Gasteiger partial charge on any atom is -0.481 e. The molecule has 3 N–H and O–H groups in total. The second kappa shape index (κ2) is 6.98. The molecule has 2 aromatic rings. The van der Waals surface area contributed by atoms with Crippen molar-refractivity contribution >= 4 is 28.7 Å². The minimum absolute atomic E-state index is 0.0745.